The minimum atomic E-state index is -0.595. The van der Waals surface area contributed by atoms with Crippen molar-refractivity contribution in [2.45, 2.75) is 40.0 Å². The van der Waals surface area contributed by atoms with E-state index < -0.39 is 5.82 Å². The van der Waals surface area contributed by atoms with E-state index in [1.54, 1.807) is 6.20 Å². The van der Waals surface area contributed by atoms with Crippen LogP contribution in [0.25, 0.3) is 5.57 Å². The Morgan fingerprint density at radius 3 is 2.73 bits per heavy atom. The first-order valence-corrected chi connectivity index (χ1v) is 11.4. The lowest BCUT2D eigenvalue weighted by Gasteiger charge is -2.38. The summed E-state index contributed by atoms with van der Waals surface area (Å²) in [5, 5.41) is 3.10. The second-order valence-corrected chi connectivity index (χ2v) is 9.33. The minimum absolute atomic E-state index is 0.0749. The Balaban J connectivity index is 1.63. The molecule has 170 valence electrons. The predicted molar refractivity (Wildman–Crippen MR) is 122 cm³/mol. The van der Waals surface area contributed by atoms with Crippen molar-refractivity contribution in [2.24, 2.45) is 11.8 Å². The number of rotatable bonds is 3. The van der Waals surface area contributed by atoms with Gasteiger partial charge in [0.15, 0.2) is 11.6 Å². The van der Waals surface area contributed by atoms with E-state index in [2.05, 4.69) is 29.1 Å². The van der Waals surface area contributed by atoms with E-state index in [1.165, 1.54) is 24.8 Å². The molecule has 1 aliphatic heterocycles. The summed E-state index contributed by atoms with van der Waals surface area (Å²) < 4.78 is 21.7. The largest absolute Gasteiger partial charge is 0.436 e. The zero-order valence-corrected chi connectivity index (χ0v) is 19.3. The van der Waals surface area contributed by atoms with Gasteiger partial charge in [-0.25, -0.2) is 14.4 Å². The molecule has 1 N–H and O–H groups in total. The summed E-state index contributed by atoms with van der Waals surface area (Å²) in [5.41, 5.74) is 5.10. The molecule has 3 heterocycles. The smallest absolute Gasteiger partial charge is 0.256 e. The lowest BCUT2D eigenvalue weighted by atomic mass is 9.68. The number of allylic oxidation sites excluding steroid dienone is 1. The van der Waals surface area contributed by atoms with Crippen LogP contribution in [-0.2, 0) is 11.2 Å². The summed E-state index contributed by atoms with van der Waals surface area (Å²) in [6.07, 6.45) is 4.83. The number of carbonyl (C=O) groups is 2. The Labute approximate surface area is 195 Å². The maximum absolute atomic E-state index is 15.9. The minimum Gasteiger partial charge on any atom is -0.436 e. The molecule has 2 atom stereocenters. The molecule has 0 saturated carbocycles. The number of ether oxygens (including phenoxy) is 1. The van der Waals surface area contributed by atoms with Gasteiger partial charge < -0.3 is 10.1 Å². The van der Waals surface area contributed by atoms with Gasteiger partial charge in [-0.2, -0.15) is 0 Å². The highest BCUT2D eigenvalue weighted by molar-refractivity contribution is 6.29. The number of hydrogen-bond acceptors (Lipinski definition) is 5. The lowest BCUT2D eigenvalue weighted by Crippen LogP contribution is -2.40. The molecule has 0 saturated heterocycles. The highest BCUT2D eigenvalue weighted by atomic mass is 35.5. The zero-order chi connectivity index (χ0) is 23.4. The highest BCUT2D eigenvalue weighted by Crippen LogP contribution is 2.49. The van der Waals surface area contributed by atoms with Crippen LogP contribution in [0.5, 0.6) is 11.6 Å². The quantitative estimate of drug-likeness (QED) is 0.503. The molecule has 0 aromatic carbocycles. The fraction of sp³-hybridized carbons (Fsp3) is 0.360. The number of nitrogens with zero attached hydrogens (tertiary/aromatic N) is 2. The number of fused-ring (bicyclic) bond motifs is 3. The molecule has 2 unspecified atom stereocenters. The summed E-state index contributed by atoms with van der Waals surface area (Å²) in [5.74, 6) is -0.702. The van der Waals surface area contributed by atoms with Crippen molar-refractivity contribution in [1.82, 2.24) is 15.3 Å². The Morgan fingerprint density at radius 1 is 1.18 bits per heavy atom. The van der Waals surface area contributed by atoms with Crippen molar-refractivity contribution < 1.29 is 18.7 Å². The van der Waals surface area contributed by atoms with Crippen LogP contribution >= 0.6 is 11.6 Å². The third-order valence-corrected chi connectivity index (χ3v) is 6.96. The van der Waals surface area contributed by atoms with Crippen molar-refractivity contribution in [1.29, 1.82) is 0 Å². The maximum Gasteiger partial charge on any atom is 0.256 e. The van der Waals surface area contributed by atoms with Gasteiger partial charge in [0.2, 0.25) is 0 Å². The number of ketones is 1. The van der Waals surface area contributed by atoms with E-state index in [0.29, 0.717) is 31.4 Å². The third-order valence-electron chi connectivity index (χ3n) is 6.75. The molecule has 6 nitrogen and oxygen atoms in total. The van der Waals surface area contributed by atoms with Crippen LogP contribution in [0.1, 0.15) is 55.1 Å². The van der Waals surface area contributed by atoms with Gasteiger partial charge in [0.05, 0.1) is 5.56 Å². The Kier molecular flexibility index (Phi) is 5.32. The molecule has 33 heavy (non-hydrogen) atoms. The van der Waals surface area contributed by atoms with Crippen LogP contribution in [0, 0.1) is 17.7 Å². The first-order chi connectivity index (χ1) is 15.8. The van der Waals surface area contributed by atoms with Gasteiger partial charge in [-0.15, -0.1) is 0 Å². The summed E-state index contributed by atoms with van der Waals surface area (Å²) in [6, 6.07) is 1.37. The monoisotopic (exact) mass is 467 g/mol. The Bertz CT molecular complexity index is 1280. The fourth-order valence-electron chi connectivity index (χ4n) is 5.30. The van der Waals surface area contributed by atoms with Gasteiger partial charge in [-0.1, -0.05) is 25.4 Å². The molecule has 2 aromatic rings. The second kappa shape index (κ2) is 8.06. The number of amides is 1. The van der Waals surface area contributed by atoms with Gasteiger partial charge in [-0.3, -0.25) is 9.59 Å². The SMILES string of the molecule is CC(=O)c1cnc(Cl)cc1Oc1ncc2c(c1F)C1=C(CC2)C2=C(C(C)CNC2=O)C(C)C1. The molecule has 0 radical (unpaired) electrons. The number of aryl methyl sites for hydroxylation is 1. The van der Waals surface area contributed by atoms with E-state index in [9.17, 15) is 9.59 Å². The van der Waals surface area contributed by atoms with Crippen LogP contribution in [-0.4, -0.2) is 28.2 Å². The molecular formula is C25H23ClFN3O3. The van der Waals surface area contributed by atoms with Gasteiger partial charge in [-0.05, 0) is 60.3 Å². The van der Waals surface area contributed by atoms with Crippen molar-refractivity contribution in [2.75, 3.05) is 6.54 Å². The van der Waals surface area contributed by atoms with Gasteiger partial charge >= 0.3 is 0 Å². The van der Waals surface area contributed by atoms with E-state index in [4.69, 9.17) is 16.3 Å². The first-order valence-electron chi connectivity index (χ1n) is 11.0. The topological polar surface area (TPSA) is 81.2 Å². The standard InChI is InChI=1S/C25H23ClFN3O3/c1-11-6-16-15(22-20(11)12(2)8-29-24(22)32)5-4-14-9-30-25(23(27)21(14)16)33-18-7-19(26)28-10-17(18)13(3)31/h7,9-12H,4-6,8H2,1-3H3,(H,29,32). The molecule has 8 heteroatoms. The Morgan fingerprint density at radius 2 is 1.97 bits per heavy atom. The normalized spacial score (nSPS) is 21.8. The van der Waals surface area contributed by atoms with Crippen molar-refractivity contribution in [3.8, 4) is 11.6 Å². The van der Waals surface area contributed by atoms with Crippen LogP contribution in [0.3, 0.4) is 0 Å². The molecule has 5 rings (SSSR count). The average molecular weight is 468 g/mol. The number of pyridine rings is 2. The van der Waals surface area contributed by atoms with Gasteiger partial charge in [0.1, 0.15) is 10.9 Å². The van der Waals surface area contributed by atoms with E-state index in [-0.39, 0.29) is 45.9 Å². The number of halogens is 2. The molecule has 0 bridgehead atoms. The van der Waals surface area contributed by atoms with Gasteiger partial charge in [0.25, 0.3) is 11.8 Å². The zero-order valence-electron chi connectivity index (χ0n) is 18.6. The third kappa shape index (κ3) is 3.55. The molecule has 3 aliphatic rings. The number of carbonyl (C=O) groups excluding carboxylic acids is 2. The molecule has 0 spiro atoms. The van der Waals surface area contributed by atoms with E-state index in [0.717, 1.165) is 22.3 Å². The highest BCUT2D eigenvalue weighted by Gasteiger charge is 2.39. The number of hydrogen-bond donors (Lipinski definition) is 1. The summed E-state index contributed by atoms with van der Waals surface area (Å²) >= 11 is 5.97. The maximum atomic E-state index is 15.9. The Hall–Kier alpha value is -3.06. The van der Waals surface area contributed by atoms with Crippen LogP contribution in [0.15, 0.2) is 35.2 Å². The first kappa shape index (κ1) is 21.8. The summed E-state index contributed by atoms with van der Waals surface area (Å²) in [4.78, 5) is 32.9. The molecule has 2 aliphatic carbocycles. The van der Waals surface area contributed by atoms with E-state index >= 15 is 4.39 Å². The molecule has 0 fully saturated rings. The molecule has 1 amide bonds. The average Bonchev–Trinajstić information content (AvgIpc) is 2.77. The van der Waals surface area contributed by atoms with Gasteiger partial charge in [0, 0.05) is 36.1 Å². The van der Waals surface area contributed by atoms with Crippen molar-refractivity contribution in [3.63, 3.8) is 0 Å². The van der Waals surface area contributed by atoms with Crippen LogP contribution < -0.4 is 10.1 Å². The van der Waals surface area contributed by atoms with Crippen LogP contribution in [0.4, 0.5) is 4.39 Å². The van der Waals surface area contributed by atoms with E-state index in [1.807, 2.05) is 0 Å². The van der Waals surface area contributed by atoms with Crippen molar-refractivity contribution >= 4 is 28.9 Å². The lowest BCUT2D eigenvalue weighted by molar-refractivity contribution is -0.118. The predicted octanol–water partition coefficient (Wildman–Crippen LogP) is 5.07. The summed E-state index contributed by atoms with van der Waals surface area (Å²) in [6.45, 7) is 6.22. The number of Topliss-reactive ketones (excluding diaryl/α,β-unsaturated/α-hetero) is 1. The second-order valence-electron chi connectivity index (χ2n) is 8.94. The number of nitrogens with one attached hydrogen (secondary N) is 1. The fourth-order valence-corrected chi connectivity index (χ4v) is 5.45. The van der Waals surface area contributed by atoms with Crippen molar-refractivity contribution in [3.05, 3.63) is 62.8 Å². The number of aromatic nitrogens is 2. The molecular weight excluding hydrogens is 445 g/mol. The molecule has 2 aromatic heterocycles. The van der Waals surface area contributed by atoms with Crippen LogP contribution in [0.2, 0.25) is 5.15 Å². The summed E-state index contributed by atoms with van der Waals surface area (Å²) in [7, 11) is 0.